The molecule has 104 valence electrons. The molecule has 0 unspecified atom stereocenters. The van der Waals surface area contributed by atoms with Crippen molar-refractivity contribution in [3.05, 3.63) is 47.7 Å². The van der Waals surface area contributed by atoms with Gasteiger partial charge in [0, 0.05) is 0 Å². The second kappa shape index (κ2) is 6.51. The largest absolute Gasteiger partial charge is 0.437 e. The SMILES string of the molecule is CCCc1ccc(Oc2nnccc2/C(N)=N/O)cc1. The fourth-order valence-corrected chi connectivity index (χ4v) is 1.77. The summed E-state index contributed by atoms with van der Waals surface area (Å²) in [5.41, 5.74) is 7.20. The maximum absolute atomic E-state index is 8.73. The van der Waals surface area contributed by atoms with Gasteiger partial charge >= 0.3 is 0 Å². The van der Waals surface area contributed by atoms with Crippen LogP contribution in [0.1, 0.15) is 24.5 Å². The van der Waals surface area contributed by atoms with E-state index in [2.05, 4.69) is 22.3 Å². The first-order chi connectivity index (χ1) is 9.74. The standard InChI is InChI=1S/C14H16N4O2/c1-2-3-10-4-6-11(7-5-10)20-14-12(13(15)18-19)8-9-16-17-14/h4-9,19H,2-3H2,1H3,(H2,15,18). The summed E-state index contributed by atoms with van der Waals surface area (Å²) in [4.78, 5) is 0. The van der Waals surface area contributed by atoms with Crippen LogP contribution < -0.4 is 10.5 Å². The van der Waals surface area contributed by atoms with E-state index in [0.29, 0.717) is 11.3 Å². The van der Waals surface area contributed by atoms with Gasteiger partial charge in [0.15, 0.2) is 5.84 Å². The van der Waals surface area contributed by atoms with Gasteiger partial charge in [-0.05, 0) is 30.2 Å². The van der Waals surface area contributed by atoms with Crippen molar-refractivity contribution in [2.24, 2.45) is 10.9 Å². The lowest BCUT2D eigenvalue weighted by atomic mass is 10.1. The van der Waals surface area contributed by atoms with Crippen LogP contribution in [0, 0.1) is 0 Å². The second-order valence-corrected chi connectivity index (χ2v) is 4.23. The number of hydrogen-bond acceptors (Lipinski definition) is 5. The molecule has 2 rings (SSSR count). The number of nitrogens with zero attached hydrogens (tertiary/aromatic N) is 3. The van der Waals surface area contributed by atoms with E-state index in [1.165, 1.54) is 11.8 Å². The predicted octanol–water partition coefficient (Wildman–Crippen LogP) is 2.32. The Balaban J connectivity index is 2.21. The van der Waals surface area contributed by atoms with Gasteiger partial charge in [0.1, 0.15) is 5.75 Å². The molecule has 2 aromatic rings. The highest BCUT2D eigenvalue weighted by molar-refractivity contribution is 5.98. The highest BCUT2D eigenvalue weighted by Gasteiger charge is 2.11. The molecule has 20 heavy (non-hydrogen) atoms. The van der Waals surface area contributed by atoms with Crippen molar-refractivity contribution in [1.82, 2.24) is 10.2 Å². The van der Waals surface area contributed by atoms with Crippen LogP contribution in [-0.2, 0) is 6.42 Å². The summed E-state index contributed by atoms with van der Waals surface area (Å²) in [6.07, 6.45) is 3.57. The summed E-state index contributed by atoms with van der Waals surface area (Å²) in [6.45, 7) is 2.13. The van der Waals surface area contributed by atoms with E-state index < -0.39 is 0 Å². The van der Waals surface area contributed by atoms with Gasteiger partial charge in [-0.15, -0.1) is 5.10 Å². The zero-order valence-electron chi connectivity index (χ0n) is 11.2. The first kappa shape index (κ1) is 13.8. The van der Waals surface area contributed by atoms with Crippen molar-refractivity contribution in [3.63, 3.8) is 0 Å². The summed E-state index contributed by atoms with van der Waals surface area (Å²) in [6, 6.07) is 9.28. The maximum atomic E-state index is 8.73. The van der Waals surface area contributed by atoms with Crippen molar-refractivity contribution < 1.29 is 9.94 Å². The molecule has 3 N–H and O–H groups in total. The first-order valence-electron chi connectivity index (χ1n) is 6.31. The van der Waals surface area contributed by atoms with Gasteiger partial charge < -0.3 is 15.7 Å². The Morgan fingerprint density at radius 2 is 2.05 bits per heavy atom. The lowest BCUT2D eigenvalue weighted by Crippen LogP contribution is -2.15. The van der Waals surface area contributed by atoms with Gasteiger partial charge in [-0.1, -0.05) is 30.6 Å². The van der Waals surface area contributed by atoms with E-state index in [-0.39, 0.29) is 11.7 Å². The zero-order valence-corrected chi connectivity index (χ0v) is 11.2. The summed E-state index contributed by atoms with van der Waals surface area (Å²) in [5.74, 6) is 0.751. The molecule has 0 aliphatic carbocycles. The van der Waals surface area contributed by atoms with Gasteiger partial charge in [0.05, 0.1) is 11.8 Å². The Morgan fingerprint density at radius 3 is 2.70 bits per heavy atom. The number of hydrogen-bond donors (Lipinski definition) is 2. The Bertz CT molecular complexity index is 596. The second-order valence-electron chi connectivity index (χ2n) is 4.23. The molecule has 0 atom stereocenters. The van der Waals surface area contributed by atoms with E-state index in [4.69, 9.17) is 15.7 Å². The van der Waals surface area contributed by atoms with Crippen molar-refractivity contribution in [2.45, 2.75) is 19.8 Å². The van der Waals surface area contributed by atoms with E-state index in [9.17, 15) is 0 Å². The van der Waals surface area contributed by atoms with Gasteiger partial charge in [-0.25, -0.2) is 0 Å². The minimum absolute atomic E-state index is 0.0718. The predicted molar refractivity (Wildman–Crippen MR) is 75.1 cm³/mol. The number of ether oxygens (including phenoxy) is 1. The van der Waals surface area contributed by atoms with Crippen molar-refractivity contribution in [2.75, 3.05) is 0 Å². The molecular formula is C14H16N4O2. The van der Waals surface area contributed by atoms with Crippen LogP contribution in [0.15, 0.2) is 41.7 Å². The number of rotatable bonds is 5. The molecule has 0 radical (unpaired) electrons. The van der Waals surface area contributed by atoms with E-state index in [0.717, 1.165) is 12.8 Å². The molecule has 0 aliphatic heterocycles. The third-order valence-electron chi connectivity index (χ3n) is 2.75. The Kier molecular flexibility index (Phi) is 4.49. The normalized spacial score (nSPS) is 11.3. The molecule has 0 saturated heterocycles. The smallest absolute Gasteiger partial charge is 0.250 e. The van der Waals surface area contributed by atoms with Gasteiger partial charge in [0.25, 0.3) is 0 Å². The number of aromatic nitrogens is 2. The third kappa shape index (κ3) is 3.23. The average Bonchev–Trinajstić information content (AvgIpc) is 2.49. The highest BCUT2D eigenvalue weighted by Crippen LogP contribution is 2.22. The molecule has 1 heterocycles. The summed E-state index contributed by atoms with van der Waals surface area (Å²) in [7, 11) is 0. The van der Waals surface area contributed by atoms with E-state index in [1.807, 2.05) is 24.3 Å². The number of nitrogens with two attached hydrogens (primary N) is 1. The van der Waals surface area contributed by atoms with Gasteiger partial charge in [-0.2, -0.15) is 5.10 Å². The molecule has 1 aromatic carbocycles. The molecule has 0 bridgehead atoms. The topological polar surface area (TPSA) is 93.6 Å². The lowest BCUT2D eigenvalue weighted by molar-refractivity contribution is 0.318. The fourth-order valence-electron chi connectivity index (χ4n) is 1.77. The maximum Gasteiger partial charge on any atom is 0.250 e. The Labute approximate surface area is 116 Å². The lowest BCUT2D eigenvalue weighted by Gasteiger charge is -2.08. The molecule has 0 saturated carbocycles. The van der Waals surface area contributed by atoms with E-state index in [1.54, 1.807) is 6.07 Å². The number of amidine groups is 1. The average molecular weight is 272 g/mol. The van der Waals surface area contributed by atoms with Crippen LogP contribution in [0.4, 0.5) is 0 Å². The van der Waals surface area contributed by atoms with Crippen LogP contribution in [-0.4, -0.2) is 21.2 Å². The first-order valence-corrected chi connectivity index (χ1v) is 6.31. The van der Waals surface area contributed by atoms with Crippen molar-refractivity contribution in [3.8, 4) is 11.6 Å². The van der Waals surface area contributed by atoms with Crippen LogP contribution in [0.2, 0.25) is 0 Å². The highest BCUT2D eigenvalue weighted by atomic mass is 16.5. The monoisotopic (exact) mass is 272 g/mol. The summed E-state index contributed by atoms with van der Waals surface area (Å²) in [5, 5.41) is 19.3. The minimum atomic E-state index is -0.0718. The van der Waals surface area contributed by atoms with Gasteiger partial charge in [-0.3, -0.25) is 0 Å². The van der Waals surface area contributed by atoms with Gasteiger partial charge in [0.2, 0.25) is 5.88 Å². The number of benzene rings is 1. The van der Waals surface area contributed by atoms with Crippen LogP contribution in [0.3, 0.4) is 0 Å². The number of aryl methyl sites for hydroxylation is 1. The molecular weight excluding hydrogens is 256 g/mol. The molecule has 1 aromatic heterocycles. The van der Waals surface area contributed by atoms with Crippen LogP contribution in [0.25, 0.3) is 0 Å². The molecule has 0 aliphatic rings. The molecule has 0 amide bonds. The quantitative estimate of drug-likeness (QED) is 0.377. The van der Waals surface area contributed by atoms with Crippen LogP contribution >= 0.6 is 0 Å². The summed E-state index contributed by atoms with van der Waals surface area (Å²) >= 11 is 0. The number of oxime groups is 1. The Hall–Kier alpha value is -2.63. The third-order valence-corrected chi connectivity index (χ3v) is 2.75. The molecule has 0 fully saturated rings. The molecule has 6 heteroatoms. The fraction of sp³-hybridized carbons (Fsp3) is 0.214. The minimum Gasteiger partial charge on any atom is -0.437 e. The molecule has 0 spiro atoms. The molecule has 6 nitrogen and oxygen atoms in total. The van der Waals surface area contributed by atoms with Crippen molar-refractivity contribution in [1.29, 1.82) is 0 Å². The van der Waals surface area contributed by atoms with Crippen molar-refractivity contribution >= 4 is 5.84 Å². The van der Waals surface area contributed by atoms with E-state index >= 15 is 0 Å². The summed E-state index contributed by atoms with van der Waals surface area (Å²) < 4.78 is 5.62. The Morgan fingerprint density at radius 1 is 1.30 bits per heavy atom. The van der Waals surface area contributed by atoms with Crippen LogP contribution in [0.5, 0.6) is 11.6 Å². The zero-order chi connectivity index (χ0) is 14.4.